The molecule has 4 aromatic rings. The second-order valence-electron chi connectivity index (χ2n) is 6.95. The first-order valence-corrected chi connectivity index (χ1v) is 10.00. The predicted octanol–water partition coefficient (Wildman–Crippen LogP) is 5.46. The van der Waals surface area contributed by atoms with Crippen LogP contribution in [0.15, 0.2) is 60.8 Å². The molecule has 0 saturated carbocycles. The largest absolute Gasteiger partial charge is 0.278 e. The summed E-state index contributed by atoms with van der Waals surface area (Å²) in [5, 5.41) is 0.695. The van der Waals surface area contributed by atoms with Crippen molar-refractivity contribution in [2.75, 3.05) is 4.90 Å². The molecule has 0 N–H and O–H groups in total. The molecule has 0 aliphatic rings. The molecule has 0 radical (unpaired) electrons. The van der Waals surface area contributed by atoms with Crippen LogP contribution in [0.5, 0.6) is 0 Å². The van der Waals surface area contributed by atoms with Crippen molar-refractivity contribution >= 4 is 32.6 Å². The SMILES string of the molecule is Cc1ccc(C)c(C(=O)N(Cc2ccccn2)c2nc3c(C)cccc3s2)c1. The number of carbonyl (C=O) groups is 1. The molecular formula is C23H21N3OS. The maximum absolute atomic E-state index is 13.5. The van der Waals surface area contributed by atoms with Gasteiger partial charge in [-0.15, -0.1) is 0 Å². The molecule has 0 saturated heterocycles. The normalized spacial score (nSPS) is 11.0. The van der Waals surface area contributed by atoms with E-state index in [4.69, 9.17) is 4.98 Å². The molecule has 0 spiro atoms. The van der Waals surface area contributed by atoms with E-state index in [1.807, 2.05) is 75.4 Å². The number of amides is 1. The molecule has 28 heavy (non-hydrogen) atoms. The van der Waals surface area contributed by atoms with Crippen LogP contribution in [0.4, 0.5) is 5.13 Å². The van der Waals surface area contributed by atoms with Crippen LogP contribution in [0.1, 0.15) is 32.7 Å². The van der Waals surface area contributed by atoms with Crippen molar-refractivity contribution in [1.29, 1.82) is 0 Å². The molecule has 140 valence electrons. The average molecular weight is 388 g/mol. The standard InChI is InChI=1S/C23H21N3OS/c1-15-10-11-16(2)19(13-15)22(27)26(14-18-8-4-5-12-24-18)23-25-21-17(3)7-6-9-20(21)28-23/h4-13H,14H2,1-3H3. The Kier molecular flexibility index (Phi) is 4.92. The Morgan fingerprint density at radius 2 is 1.86 bits per heavy atom. The number of thiazole rings is 1. The highest BCUT2D eigenvalue weighted by atomic mass is 32.1. The van der Waals surface area contributed by atoms with Crippen LogP contribution >= 0.6 is 11.3 Å². The highest BCUT2D eigenvalue weighted by Gasteiger charge is 2.23. The fraction of sp³-hybridized carbons (Fsp3) is 0.174. The molecular weight excluding hydrogens is 366 g/mol. The lowest BCUT2D eigenvalue weighted by Crippen LogP contribution is -2.31. The van der Waals surface area contributed by atoms with Crippen molar-refractivity contribution in [3.63, 3.8) is 0 Å². The van der Waals surface area contributed by atoms with Crippen LogP contribution in [-0.4, -0.2) is 15.9 Å². The molecule has 2 aromatic heterocycles. The monoisotopic (exact) mass is 387 g/mol. The van der Waals surface area contributed by atoms with E-state index in [1.54, 1.807) is 11.1 Å². The Bertz CT molecular complexity index is 1150. The highest BCUT2D eigenvalue weighted by Crippen LogP contribution is 2.32. The molecule has 4 rings (SSSR count). The second kappa shape index (κ2) is 7.52. The van der Waals surface area contributed by atoms with Crippen LogP contribution < -0.4 is 4.90 Å². The number of para-hydroxylation sites is 1. The van der Waals surface area contributed by atoms with Gasteiger partial charge in [0.25, 0.3) is 5.91 Å². The van der Waals surface area contributed by atoms with E-state index in [1.165, 1.54) is 11.3 Å². The lowest BCUT2D eigenvalue weighted by atomic mass is 10.0. The number of hydrogen-bond donors (Lipinski definition) is 0. The van der Waals surface area contributed by atoms with Crippen LogP contribution in [-0.2, 0) is 6.54 Å². The summed E-state index contributed by atoms with van der Waals surface area (Å²) in [6.07, 6.45) is 1.75. The molecule has 0 bridgehead atoms. The number of nitrogens with zero attached hydrogens (tertiary/aromatic N) is 3. The Morgan fingerprint density at radius 1 is 1.00 bits per heavy atom. The minimum absolute atomic E-state index is 0.0523. The number of rotatable bonds is 4. The zero-order valence-corrected chi connectivity index (χ0v) is 17.0. The van der Waals surface area contributed by atoms with Gasteiger partial charge in [-0.25, -0.2) is 4.98 Å². The zero-order chi connectivity index (χ0) is 19.7. The van der Waals surface area contributed by atoms with Gasteiger partial charge in [-0.1, -0.05) is 47.2 Å². The van der Waals surface area contributed by atoms with Gasteiger partial charge >= 0.3 is 0 Å². The van der Waals surface area contributed by atoms with Crippen molar-refractivity contribution in [3.8, 4) is 0 Å². The summed E-state index contributed by atoms with van der Waals surface area (Å²) < 4.78 is 1.08. The second-order valence-corrected chi connectivity index (χ2v) is 7.96. The average Bonchev–Trinajstić information content (AvgIpc) is 3.14. The van der Waals surface area contributed by atoms with Crippen LogP contribution in [0.25, 0.3) is 10.2 Å². The molecule has 0 aliphatic carbocycles. The first kappa shape index (κ1) is 18.3. The molecule has 2 heterocycles. The lowest BCUT2D eigenvalue weighted by Gasteiger charge is -2.21. The van der Waals surface area contributed by atoms with E-state index >= 15 is 0 Å². The van der Waals surface area contributed by atoms with E-state index in [9.17, 15) is 4.79 Å². The maximum Gasteiger partial charge on any atom is 0.260 e. The van der Waals surface area contributed by atoms with E-state index in [-0.39, 0.29) is 5.91 Å². The maximum atomic E-state index is 13.5. The van der Waals surface area contributed by atoms with Gasteiger partial charge in [-0.2, -0.15) is 0 Å². The Balaban J connectivity index is 1.82. The number of benzene rings is 2. The predicted molar refractivity (Wildman–Crippen MR) is 115 cm³/mol. The summed E-state index contributed by atoms with van der Waals surface area (Å²) in [6, 6.07) is 17.8. The van der Waals surface area contributed by atoms with E-state index in [0.717, 1.165) is 32.6 Å². The number of anilines is 1. The first-order valence-electron chi connectivity index (χ1n) is 9.18. The number of aromatic nitrogens is 2. The van der Waals surface area contributed by atoms with E-state index < -0.39 is 0 Å². The summed E-state index contributed by atoms with van der Waals surface area (Å²) in [6.45, 7) is 6.39. The number of hydrogen-bond acceptors (Lipinski definition) is 4. The first-order chi connectivity index (χ1) is 13.5. The van der Waals surface area contributed by atoms with Gasteiger partial charge in [0.05, 0.1) is 22.5 Å². The minimum Gasteiger partial charge on any atom is -0.278 e. The summed E-state index contributed by atoms with van der Waals surface area (Å²) in [4.78, 5) is 24.5. The molecule has 5 heteroatoms. The molecule has 0 fully saturated rings. The topological polar surface area (TPSA) is 46.1 Å². The third-order valence-electron chi connectivity index (χ3n) is 4.76. The quantitative estimate of drug-likeness (QED) is 0.467. The minimum atomic E-state index is -0.0523. The molecule has 0 aliphatic heterocycles. The smallest absolute Gasteiger partial charge is 0.260 e. The van der Waals surface area contributed by atoms with Gasteiger partial charge in [0.15, 0.2) is 5.13 Å². The van der Waals surface area contributed by atoms with Crippen LogP contribution in [0, 0.1) is 20.8 Å². The third kappa shape index (κ3) is 3.53. The van der Waals surface area contributed by atoms with E-state index in [0.29, 0.717) is 17.2 Å². The number of fused-ring (bicyclic) bond motifs is 1. The fourth-order valence-corrected chi connectivity index (χ4v) is 4.22. The highest BCUT2D eigenvalue weighted by molar-refractivity contribution is 7.22. The van der Waals surface area contributed by atoms with Gasteiger partial charge < -0.3 is 0 Å². The van der Waals surface area contributed by atoms with Gasteiger partial charge in [-0.3, -0.25) is 14.7 Å². The number of carbonyl (C=O) groups excluding carboxylic acids is 1. The van der Waals surface area contributed by atoms with Gasteiger partial charge in [0.1, 0.15) is 0 Å². The molecule has 1 amide bonds. The molecule has 2 aromatic carbocycles. The number of pyridine rings is 1. The zero-order valence-electron chi connectivity index (χ0n) is 16.1. The van der Waals surface area contributed by atoms with Crippen molar-refractivity contribution in [1.82, 2.24) is 9.97 Å². The van der Waals surface area contributed by atoms with Crippen LogP contribution in [0.3, 0.4) is 0 Å². The van der Waals surface area contributed by atoms with Crippen LogP contribution in [0.2, 0.25) is 0 Å². The molecule has 4 nitrogen and oxygen atoms in total. The Hall–Kier alpha value is -3.05. The summed E-state index contributed by atoms with van der Waals surface area (Å²) >= 11 is 1.54. The van der Waals surface area contributed by atoms with Crippen molar-refractivity contribution in [2.45, 2.75) is 27.3 Å². The summed E-state index contributed by atoms with van der Waals surface area (Å²) in [7, 11) is 0. The fourth-order valence-electron chi connectivity index (χ4n) is 3.18. The molecule has 0 unspecified atom stereocenters. The number of aryl methyl sites for hydroxylation is 3. The third-order valence-corrected chi connectivity index (χ3v) is 5.80. The summed E-state index contributed by atoms with van der Waals surface area (Å²) in [5.41, 5.74) is 5.61. The Labute approximate surface area is 168 Å². The van der Waals surface area contributed by atoms with Crippen molar-refractivity contribution < 1.29 is 4.79 Å². The van der Waals surface area contributed by atoms with E-state index in [2.05, 4.69) is 4.98 Å². The van der Waals surface area contributed by atoms with Gasteiger partial charge in [-0.05, 0) is 56.2 Å². The lowest BCUT2D eigenvalue weighted by molar-refractivity contribution is 0.0984. The summed E-state index contributed by atoms with van der Waals surface area (Å²) in [5.74, 6) is -0.0523. The van der Waals surface area contributed by atoms with Crippen molar-refractivity contribution in [3.05, 3.63) is 88.7 Å². The van der Waals surface area contributed by atoms with Gasteiger partial charge in [0, 0.05) is 11.8 Å². The molecule has 0 atom stereocenters. The Morgan fingerprint density at radius 3 is 2.61 bits per heavy atom. The van der Waals surface area contributed by atoms with Gasteiger partial charge in [0.2, 0.25) is 0 Å². The van der Waals surface area contributed by atoms with Crippen molar-refractivity contribution in [2.24, 2.45) is 0 Å².